The van der Waals surface area contributed by atoms with Gasteiger partial charge < -0.3 is 14.2 Å². The van der Waals surface area contributed by atoms with Gasteiger partial charge >= 0.3 is 0 Å². The molecule has 0 radical (unpaired) electrons. The van der Waals surface area contributed by atoms with Crippen LogP contribution >= 0.6 is 11.8 Å². The Bertz CT molecular complexity index is 3320. The highest BCUT2D eigenvalue weighted by molar-refractivity contribution is 7.99. The van der Waals surface area contributed by atoms with Gasteiger partial charge in [-0.15, -0.1) is 0 Å². The Morgan fingerprint density at radius 2 is 1.42 bits per heavy atom. The molecule has 3 aliphatic rings. The van der Waals surface area contributed by atoms with Crippen LogP contribution in [0.1, 0.15) is 27.8 Å². The van der Waals surface area contributed by atoms with E-state index in [0.29, 0.717) is 11.3 Å². The normalized spacial score (nSPS) is 15.4. The Hall–Kier alpha value is -7.65. The highest BCUT2D eigenvalue weighted by Gasteiger charge is 2.52. The number of nitrogens with zero attached hydrogens (tertiary/aromatic N) is 6. The standard InChI is InChI=1S/C49H26N6OS/c1-51-30-17-21-40-34(24-30)33-9-2-4-12-39(33)55(40)32-25-38-48(53-28-32)47-37(11-8-22-52-47)49(38)35-10-3-6-14-43(35)56-44-26-31(18-19-36(44)49)54-41-13-5-7-15-45(41)57-46-23-29(27-50)16-20-42(46)54/h2-26,28H. The summed E-state index contributed by atoms with van der Waals surface area (Å²) in [5, 5.41) is 11.8. The van der Waals surface area contributed by atoms with Gasteiger partial charge in [0, 0.05) is 49.8 Å². The number of benzene rings is 6. The highest BCUT2D eigenvalue weighted by atomic mass is 32.2. The maximum Gasteiger partial charge on any atom is 0.188 e. The van der Waals surface area contributed by atoms with Crippen LogP contribution in [0.2, 0.25) is 0 Å². The fourth-order valence-corrected chi connectivity index (χ4v) is 10.4. The van der Waals surface area contributed by atoms with Crippen LogP contribution in [0.15, 0.2) is 168 Å². The second-order valence-electron chi connectivity index (χ2n) is 14.4. The SMILES string of the molecule is [C-]#[N+]c1ccc2c(c1)c1ccccc1n2-c1cnc2c(c1)C1(c3ccccc3Oc3cc(N4c5ccccc5Sc5cc(C#N)ccc54)ccc31)c1cccnc1-2. The van der Waals surface area contributed by atoms with Crippen LogP contribution in [0.3, 0.4) is 0 Å². The van der Waals surface area contributed by atoms with Crippen molar-refractivity contribution in [1.82, 2.24) is 14.5 Å². The first-order valence-corrected chi connectivity index (χ1v) is 19.4. The van der Waals surface area contributed by atoms with Gasteiger partial charge in [0.05, 0.1) is 69.3 Å². The van der Waals surface area contributed by atoms with Gasteiger partial charge in [0.2, 0.25) is 0 Å². The molecule has 0 saturated carbocycles. The summed E-state index contributed by atoms with van der Waals surface area (Å²) in [7, 11) is 0. The fourth-order valence-electron chi connectivity index (χ4n) is 9.26. The highest BCUT2D eigenvalue weighted by Crippen LogP contribution is 2.62. The fraction of sp³-hybridized carbons (Fsp3) is 0.0204. The van der Waals surface area contributed by atoms with Gasteiger partial charge in [-0.1, -0.05) is 78.5 Å². The van der Waals surface area contributed by atoms with Crippen molar-refractivity contribution in [2.75, 3.05) is 4.90 Å². The molecule has 5 heterocycles. The minimum absolute atomic E-state index is 0.606. The zero-order valence-electron chi connectivity index (χ0n) is 30.0. The summed E-state index contributed by atoms with van der Waals surface area (Å²) in [6.45, 7) is 7.70. The van der Waals surface area contributed by atoms with Gasteiger partial charge in [-0.2, -0.15) is 5.26 Å². The largest absolute Gasteiger partial charge is 0.457 e. The van der Waals surface area contributed by atoms with Crippen molar-refractivity contribution in [3.05, 3.63) is 197 Å². The van der Waals surface area contributed by atoms with Crippen LogP contribution in [0, 0.1) is 17.9 Å². The molecular weight excluding hydrogens is 721 g/mol. The maximum absolute atomic E-state index is 9.74. The first-order chi connectivity index (χ1) is 28.1. The summed E-state index contributed by atoms with van der Waals surface area (Å²) in [5.74, 6) is 1.51. The molecular formula is C49H26N6OS. The topological polar surface area (TPSA) is 71.3 Å². The van der Waals surface area contributed by atoms with E-state index >= 15 is 0 Å². The van der Waals surface area contributed by atoms with E-state index in [1.165, 1.54) is 0 Å². The van der Waals surface area contributed by atoms with Crippen molar-refractivity contribution in [2.24, 2.45) is 0 Å². The van der Waals surface area contributed by atoms with E-state index in [-0.39, 0.29) is 0 Å². The van der Waals surface area contributed by atoms with Crippen LogP contribution in [-0.2, 0) is 5.41 Å². The molecule has 0 N–H and O–H groups in total. The van der Waals surface area contributed by atoms with Crippen molar-refractivity contribution in [3.63, 3.8) is 0 Å². The number of anilines is 3. The van der Waals surface area contributed by atoms with E-state index in [1.54, 1.807) is 11.8 Å². The van der Waals surface area contributed by atoms with Crippen LogP contribution < -0.4 is 9.64 Å². The van der Waals surface area contributed by atoms with Gasteiger partial charge in [-0.25, -0.2) is 4.85 Å². The minimum Gasteiger partial charge on any atom is -0.457 e. The predicted octanol–water partition coefficient (Wildman–Crippen LogP) is 12.4. The summed E-state index contributed by atoms with van der Waals surface area (Å²) < 4.78 is 9.19. The molecule has 6 aromatic carbocycles. The monoisotopic (exact) mass is 746 g/mol. The molecule has 0 fully saturated rings. The number of nitriles is 1. The van der Waals surface area contributed by atoms with Gasteiger partial charge in [-0.3, -0.25) is 9.97 Å². The number of pyridine rings is 2. The van der Waals surface area contributed by atoms with E-state index in [2.05, 4.69) is 105 Å². The maximum atomic E-state index is 9.74. The molecule has 57 heavy (non-hydrogen) atoms. The Kier molecular flexibility index (Phi) is 6.49. The molecule has 0 amide bonds. The lowest BCUT2D eigenvalue weighted by Gasteiger charge is -2.40. The first kappa shape index (κ1) is 31.7. The number of fused-ring (bicyclic) bond motifs is 14. The molecule has 8 heteroatoms. The lowest BCUT2D eigenvalue weighted by Crippen LogP contribution is -2.32. The van der Waals surface area contributed by atoms with Gasteiger partial charge in [0.1, 0.15) is 11.5 Å². The smallest absolute Gasteiger partial charge is 0.188 e. The molecule has 1 spiro atoms. The number of hydrogen-bond donors (Lipinski definition) is 0. The van der Waals surface area contributed by atoms with Crippen LogP contribution in [0.5, 0.6) is 11.5 Å². The van der Waals surface area contributed by atoms with Crippen molar-refractivity contribution in [3.8, 4) is 34.6 Å². The second-order valence-corrected chi connectivity index (χ2v) is 15.5. The zero-order valence-corrected chi connectivity index (χ0v) is 30.8. The molecule has 0 bridgehead atoms. The second kappa shape index (κ2) is 11.7. The summed E-state index contributed by atoms with van der Waals surface area (Å²) >= 11 is 1.68. The van der Waals surface area contributed by atoms with Crippen molar-refractivity contribution in [2.45, 2.75) is 15.2 Å². The average Bonchev–Trinajstić information content (AvgIpc) is 3.75. The van der Waals surface area contributed by atoms with Crippen molar-refractivity contribution in [1.29, 1.82) is 5.26 Å². The first-order valence-electron chi connectivity index (χ1n) is 18.6. The molecule has 264 valence electrons. The Balaban J connectivity index is 1.12. The molecule has 0 saturated heterocycles. The van der Waals surface area contributed by atoms with E-state index in [4.69, 9.17) is 21.3 Å². The quantitative estimate of drug-likeness (QED) is 0.164. The van der Waals surface area contributed by atoms with Gasteiger partial charge in [0.25, 0.3) is 0 Å². The third kappa shape index (κ3) is 4.25. The molecule has 2 aliphatic heterocycles. The average molecular weight is 747 g/mol. The van der Waals surface area contributed by atoms with Crippen LogP contribution in [0.4, 0.5) is 22.7 Å². The summed E-state index contributed by atoms with van der Waals surface area (Å²) in [6.07, 6.45) is 3.79. The van der Waals surface area contributed by atoms with Gasteiger partial charge in [-0.05, 0) is 83.7 Å². The summed E-state index contributed by atoms with van der Waals surface area (Å²) in [6, 6.07) is 52.1. The lowest BCUT2D eigenvalue weighted by atomic mass is 9.66. The Morgan fingerprint density at radius 1 is 0.632 bits per heavy atom. The molecule has 7 nitrogen and oxygen atoms in total. The number of aromatic nitrogens is 3. The molecule has 1 aliphatic carbocycles. The predicted molar refractivity (Wildman–Crippen MR) is 224 cm³/mol. The third-order valence-electron chi connectivity index (χ3n) is 11.6. The number of para-hydroxylation sites is 3. The molecule has 1 unspecified atom stereocenters. The van der Waals surface area contributed by atoms with Crippen LogP contribution in [0.25, 0.3) is 43.7 Å². The number of hydrogen-bond acceptors (Lipinski definition) is 6. The molecule has 12 rings (SSSR count). The van der Waals surface area contributed by atoms with Crippen LogP contribution in [-0.4, -0.2) is 14.5 Å². The minimum atomic E-state index is -0.796. The number of rotatable bonds is 2. The Morgan fingerprint density at radius 3 is 2.35 bits per heavy atom. The van der Waals surface area contributed by atoms with E-state index in [0.717, 1.165) is 99.5 Å². The molecule has 9 aromatic rings. The summed E-state index contributed by atoms with van der Waals surface area (Å²) in [4.78, 5) is 18.4. The van der Waals surface area contributed by atoms with E-state index in [9.17, 15) is 5.26 Å². The number of ether oxygens (including phenoxy) is 1. The molecule has 1 atom stereocenters. The lowest BCUT2D eigenvalue weighted by molar-refractivity contribution is 0.436. The third-order valence-corrected chi connectivity index (χ3v) is 12.7. The van der Waals surface area contributed by atoms with E-state index in [1.807, 2.05) is 73.1 Å². The van der Waals surface area contributed by atoms with Gasteiger partial charge in [0.15, 0.2) is 5.69 Å². The van der Waals surface area contributed by atoms with Crippen molar-refractivity contribution < 1.29 is 4.74 Å². The summed E-state index contributed by atoms with van der Waals surface area (Å²) in [5.41, 5.74) is 12.2. The van der Waals surface area contributed by atoms with E-state index < -0.39 is 5.41 Å². The zero-order chi connectivity index (χ0) is 37.8. The molecule has 3 aromatic heterocycles. The van der Waals surface area contributed by atoms with Crippen molar-refractivity contribution >= 4 is 56.3 Å². The Labute approximate surface area is 331 Å².